The Morgan fingerprint density at radius 3 is 2.82 bits per heavy atom. The second kappa shape index (κ2) is 4.43. The average molecular weight is 233 g/mol. The summed E-state index contributed by atoms with van der Waals surface area (Å²) in [5.41, 5.74) is 0.505. The highest BCUT2D eigenvalue weighted by Gasteiger charge is 2.39. The lowest BCUT2D eigenvalue weighted by Crippen LogP contribution is -2.52. The SMILES string of the molecule is O=C(ON1C2CCC1CNC2)c1cccnc1. The van der Waals surface area contributed by atoms with Gasteiger partial charge in [-0.1, -0.05) is 0 Å². The van der Waals surface area contributed by atoms with Gasteiger partial charge in [-0.3, -0.25) is 4.98 Å². The Morgan fingerprint density at radius 1 is 1.41 bits per heavy atom. The number of fused-ring (bicyclic) bond motifs is 2. The maximum atomic E-state index is 11.9. The van der Waals surface area contributed by atoms with Crippen molar-refractivity contribution in [2.24, 2.45) is 0 Å². The predicted octanol–water partition coefficient (Wildman–Crippen LogP) is 0.590. The van der Waals surface area contributed by atoms with Crippen LogP contribution in [0.15, 0.2) is 24.5 Å². The summed E-state index contributed by atoms with van der Waals surface area (Å²) < 4.78 is 0. The van der Waals surface area contributed by atoms with Crippen LogP contribution in [0.2, 0.25) is 0 Å². The second-order valence-corrected chi connectivity index (χ2v) is 4.52. The van der Waals surface area contributed by atoms with Crippen LogP contribution in [-0.2, 0) is 4.84 Å². The van der Waals surface area contributed by atoms with Crippen LogP contribution in [0, 0.1) is 0 Å². The molecule has 0 saturated carbocycles. The number of nitrogens with zero attached hydrogens (tertiary/aromatic N) is 2. The third kappa shape index (κ3) is 2.03. The standard InChI is InChI=1S/C12H15N3O2/c16-12(9-2-1-5-13-6-9)17-15-10-3-4-11(15)8-14-7-10/h1-2,5-6,10-11,14H,3-4,7-8H2. The molecule has 5 heteroatoms. The molecule has 3 rings (SSSR count). The number of nitrogens with one attached hydrogen (secondary N) is 1. The molecule has 1 aromatic rings. The van der Waals surface area contributed by atoms with Gasteiger partial charge in [-0.25, -0.2) is 4.79 Å². The smallest absolute Gasteiger partial charge is 0.358 e. The normalized spacial score (nSPS) is 28.0. The van der Waals surface area contributed by atoms with Crippen molar-refractivity contribution in [3.63, 3.8) is 0 Å². The number of piperazine rings is 1. The summed E-state index contributed by atoms with van der Waals surface area (Å²) in [4.78, 5) is 21.3. The van der Waals surface area contributed by atoms with Crippen molar-refractivity contribution in [1.29, 1.82) is 0 Å². The van der Waals surface area contributed by atoms with E-state index >= 15 is 0 Å². The fourth-order valence-electron chi connectivity index (χ4n) is 2.52. The van der Waals surface area contributed by atoms with E-state index in [9.17, 15) is 4.79 Å². The molecule has 0 amide bonds. The van der Waals surface area contributed by atoms with Gasteiger partial charge in [0.2, 0.25) is 0 Å². The molecule has 2 saturated heterocycles. The van der Waals surface area contributed by atoms with Gasteiger partial charge in [0.15, 0.2) is 0 Å². The summed E-state index contributed by atoms with van der Waals surface area (Å²) in [5, 5.41) is 5.21. The first-order chi connectivity index (χ1) is 8.34. The Bertz CT molecular complexity index is 393. The van der Waals surface area contributed by atoms with Crippen molar-refractivity contribution in [1.82, 2.24) is 15.4 Å². The Labute approximate surface area is 99.7 Å². The zero-order chi connectivity index (χ0) is 11.7. The second-order valence-electron chi connectivity index (χ2n) is 4.52. The van der Waals surface area contributed by atoms with Crippen LogP contribution in [0.5, 0.6) is 0 Å². The van der Waals surface area contributed by atoms with E-state index in [0.717, 1.165) is 25.9 Å². The first kappa shape index (κ1) is 10.7. The van der Waals surface area contributed by atoms with E-state index in [1.165, 1.54) is 6.20 Å². The minimum Gasteiger partial charge on any atom is -0.363 e. The Hall–Kier alpha value is -1.46. The highest BCUT2D eigenvalue weighted by Crippen LogP contribution is 2.27. The van der Waals surface area contributed by atoms with Gasteiger partial charge in [0.05, 0.1) is 17.6 Å². The van der Waals surface area contributed by atoms with E-state index in [1.54, 1.807) is 18.3 Å². The molecule has 2 fully saturated rings. The minimum atomic E-state index is -0.308. The summed E-state index contributed by atoms with van der Waals surface area (Å²) in [7, 11) is 0. The fraction of sp³-hybridized carbons (Fsp3) is 0.500. The lowest BCUT2D eigenvalue weighted by Gasteiger charge is -2.33. The monoisotopic (exact) mass is 233 g/mol. The highest BCUT2D eigenvalue weighted by molar-refractivity contribution is 5.88. The average Bonchev–Trinajstić information content (AvgIpc) is 2.62. The summed E-state index contributed by atoms with van der Waals surface area (Å²) >= 11 is 0. The van der Waals surface area contributed by atoms with Crippen molar-refractivity contribution in [2.75, 3.05) is 13.1 Å². The first-order valence-electron chi connectivity index (χ1n) is 5.96. The van der Waals surface area contributed by atoms with Crippen LogP contribution >= 0.6 is 0 Å². The van der Waals surface area contributed by atoms with Crippen molar-refractivity contribution >= 4 is 5.97 Å². The number of rotatable bonds is 2. The van der Waals surface area contributed by atoms with E-state index in [-0.39, 0.29) is 5.97 Å². The van der Waals surface area contributed by atoms with Crippen LogP contribution in [0.1, 0.15) is 23.2 Å². The van der Waals surface area contributed by atoms with E-state index in [1.807, 2.05) is 5.06 Å². The number of carbonyl (C=O) groups excluding carboxylic acids is 1. The number of hydrogen-bond acceptors (Lipinski definition) is 5. The molecule has 1 aromatic heterocycles. The van der Waals surface area contributed by atoms with E-state index in [2.05, 4.69) is 10.3 Å². The molecule has 90 valence electrons. The lowest BCUT2D eigenvalue weighted by molar-refractivity contribution is -0.152. The molecule has 17 heavy (non-hydrogen) atoms. The fourth-order valence-corrected chi connectivity index (χ4v) is 2.52. The van der Waals surface area contributed by atoms with Crippen molar-refractivity contribution in [3.8, 4) is 0 Å². The summed E-state index contributed by atoms with van der Waals surface area (Å²) in [5.74, 6) is -0.308. The molecule has 2 atom stereocenters. The number of carbonyl (C=O) groups is 1. The molecular formula is C12H15N3O2. The number of pyridine rings is 1. The van der Waals surface area contributed by atoms with E-state index < -0.39 is 0 Å². The summed E-state index contributed by atoms with van der Waals surface area (Å²) in [6.45, 7) is 1.80. The molecule has 1 N–H and O–H groups in total. The van der Waals surface area contributed by atoms with E-state index in [4.69, 9.17) is 4.84 Å². The van der Waals surface area contributed by atoms with Gasteiger partial charge in [0, 0.05) is 25.5 Å². The van der Waals surface area contributed by atoms with Crippen LogP contribution in [0.4, 0.5) is 0 Å². The first-order valence-corrected chi connectivity index (χ1v) is 5.96. The quantitative estimate of drug-likeness (QED) is 0.810. The lowest BCUT2D eigenvalue weighted by atomic mass is 10.2. The molecule has 2 aliphatic heterocycles. The molecule has 2 aliphatic rings. The molecule has 0 aromatic carbocycles. The van der Waals surface area contributed by atoms with Gasteiger partial charge in [-0.15, -0.1) is 5.06 Å². The molecule has 0 radical (unpaired) electrons. The van der Waals surface area contributed by atoms with Crippen LogP contribution in [0.25, 0.3) is 0 Å². The maximum Gasteiger partial charge on any atom is 0.358 e. The Morgan fingerprint density at radius 2 is 2.18 bits per heavy atom. The zero-order valence-corrected chi connectivity index (χ0v) is 9.50. The number of hydroxylamine groups is 2. The number of hydrogen-bond donors (Lipinski definition) is 1. The summed E-state index contributed by atoms with van der Waals surface area (Å²) in [6, 6.07) is 4.12. The topological polar surface area (TPSA) is 54.5 Å². The van der Waals surface area contributed by atoms with Gasteiger partial charge in [-0.2, -0.15) is 0 Å². The van der Waals surface area contributed by atoms with Gasteiger partial charge in [0.1, 0.15) is 0 Å². The van der Waals surface area contributed by atoms with Crippen molar-refractivity contribution < 1.29 is 9.63 Å². The largest absolute Gasteiger partial charge is 0.363 e. The highest BCUT2D eigenvalue weighted by atomic mass is 16.7. The van der Waals surface area contributed by atoms with Gasteiger partial charge in [-0.05, 0) is 25.0 Å². The molecule has 0 spiro atoms. The number of aromatic nitrogens is 1. The molecule has 3 heterocycles. The van der Waals surface area contributed by atoms with Gasteiger partial charge in [0.25, 0.3) is 0 Å². The van der Waals surface area contributed by atoms with Crippen molar-refractivity contribution in [2.45, 2.75) is 24.9 Å². The summed E-state index contributed by atoms with van der Waals surface area (Å²) in [6.07, 6.45) is 5.37. The Balaban J connectivity index is 1.69. The van der Waals surface area contributed by atoms with Crippen LogP contribution in [-0.4, -0.2) is 41.2 Å². The molecule has 2 bridgehead atoms. The molecule has 2 unspecified atom stereocenters. The van der Waals surface area contributed by atoms with E-state index in [0.29, 0.717) is 17.6 Å². The van der Waals surface area contributed by atoms with Crippen LogP contribution < -0.4 is 5.32 Å². The maximum absolute atomic E-state index is 11.9. The minimum absolute atomic E-state index is 0.308. The molecule has 0 aliphatic carbocycles. The van der Waals surface area contributed by atoms with Gasteiger partial charge >= 0.3 is 5.97 Å². The van der Waals surface area contributed by atoms with Crippen molar-refractivity contribution in [3.05, 3.63) is 30.1 Å². The molecular weight excluding hydrogens is 218 g/mol. The predicted molar refractivity (Wildman–Crippen MR) is 61.2 cm³/mol. The Kier molecular flexibility index (Phi) is 2.78. The third-order valence-electron chi connectivity index (χ3n) is 3.40. The third-order valence-corrected chi connectivity index (χ3v) is 3.40. The molecule has 5 nitrogen and oxygen atoms in total. The zero-order valence-electron chi connectivity index (χ0n) is 9.50. The van der Waals surface area contributed by atoms with Crippen LogP contribution in [0.3, 0.4) is 0 Å². The van der Waals surface area contributed by atoms with Gasteiger partial charge < -0.3 is 10.2 Å².